The Morgan fingerprint density at radius 1 is 1.75 bits per heavy atom. The molecular formula is C6H16N8O2. The summed E-state index contributed by atoms with van der Waals surface area (Å²) in [5.41, 5.74) is 10.0. The molecule has 0 amide bonds. The summed E-state index contributed by atoms with van der Waals surface area (Å²) in [6, 6.07) is 0. The molecule has 1 rings (SSSR count). The largest absolute Gasteiger partial charge is 0.483 e. The van der Waals surface area contributed by atoms with E-state index in [4.69, 9.17) is 32.6 Å². The number of carboxylic acid groups (broad SMARTS) is 1. The molecule has 16 heavy (non-hydrogen) atoms. The second kappa shape index (κ2) is 9.21. The summed E-state index contributed by atoms with van der Waals surface area (Å²) in [4.78, 5) is 12.0. The van der Waals surface area contributed by atoms with Gasteiger partial charge in [-0.2, -0.15) is 5.10 Å². The molecule has 0 bridgehead atoms. The van der Waals surface area contributed by atoms with Gasteiger partial charge >= 0.3 is 0 Å². The zero-order chi connectivity index (χ0) is 13.1. The first kappa shape index (κ1) is 16.1. The van der Waals surface area contributed by atoms with E-state index in [-0.39, 0.29) is 12.4 Å². The van der Waals surface area contributed by atoms with E-state index < -0.39 is 0 Å². The third kappa shape index (κ3) is 9.73. The fraction of sp³-hybridized carbons (Fsp3) is 0.333. The second-order valence-corrected chi connectivity index (χ2v) is 2.34. The van der Waals surface area contributed by atoms with Crippen molar-refractivity contribution < 1.29 is 9.90 Å². The maximum absolute atomic E-state index is 8.36. The standard InChI is InChI=1S/C3H6N4.C2H8N4.CH2O2/c1-7-3(4)5-2-6-7;1-6(5)2(3)4;2-1-3/h2H,1H3,(H2,4,5,6);5H2,1H3,(H3,3,4);1H,(H,2,3). The molecule has 8 N–H and O–H groups in total. The number of guanidine groups is 1. The summed E-state index contributed by atoms with van der Waals surface area (Å²) in [5.74, 6) is 5.23. The summed E-state index contributed by atoms with van der Waals surface area (Å²) in [7, 11) is 3.24. The van der Waals surface area contributed by atoms with E-state index in [1.807, 2.05) is 0 Å². The molecule has 1 aromatic heterocycles. The van der Waals surface area contributed by atoms with Gasteiger partial charge in [-0.25, -0.2) is 15.5 Å². The monoisotopic (exact) mass is 232 g/mol. The van der Waals surface area contributed by atoms with Gasteiger partial charge in [0.1, 0.15) is 6.33 Å². The molecule has 0 aliphatic rings. The summed E-state index contributed by atoms with van der Waals surface area (Å²) in [6.45, 7) is -0.250. The first-order chi connectivity index (χ1) is 7.36. The van der Waals surface area contributed by atoms with E-state index in [0.29, 0.717) is 5.95 Å². The minimum absolute atomic E-state index is 0.130. The highest BCUT2D eigenvalue weighted by molar-refractivity contribution is 5.73. The van der Waals surface area contributed by atoms with Crippen LogP contribution in [-0.4, -0.2) is 44.4 Å². The minimum atomic E-state index is -0.250. The Kier molecular flexibility index (Phi) is 9.25. The van der Waals surface area contributed by atoms with Gasteiger partial charge in [0.15, 0.2) is 0 Å². The van der Waals surface area contributed by atoms with Gasteiger partial charge < -0.3 is 16.6 Å². The van der Waals surface area contributed by atoms with Crippen LogP contribution in [0.2, 0.25) is 0 Å². The summed E-state index contributed by atoms with van der Waals surface area (Å²) in [6.07, 6.45) is 1.41. The van der Waals surface area contributed by atoms with Crippen LogP contribution in [0.3, 0.4) is 0 Å². The van der Waals surface area contributed by atoms with Crippen molar-refractivity contribution in [3.8, 4) is 0 Å². The predicted octanol–water partition coefficient (Wildman–Crippen LogP) is -2.22. The third-order valence-electron chi connectivity index (χ3n) is 1.13. The number of anilines is 1. The number of hydrogen-bond donors (Lipinski definition) is 5. The zero-order valence-electron chi connectivity index (χ0n) is 9.03. The van der Waals surface area contributed by atoms with E-state index in [1.165, 1.54) is 18.1 Å². The summed E-state index contributed by atoms with van der Waals surface area (Å²) >= 11 is 0. The number of aromatic nitrogens is 3. The summed E-state index contributed by atoms with van der Waals surface area (Å²) in [5, 5.41) is 18.1. The van der Waals surface area contributed by atoms with Crippen LogP contribution in [-0.2, 0) is 11.8 Å². The molecule has 10 heteroatoms. The molecule has 0 radical (unpaired) electrons. The molecule has 0 aromatic carbocycles. The van der Waals surface area contributed by atoms with Crippen LogP contribution >= 0.6 is 0 Å². The van der Waals surface area contributed by atoms with Crippen LogP contribution in [0.4, 0.5) is 5.95 Å². The van der Waals surface area contributed by atoms with E-state index in [9.17, 15) is 0 Å². The fourth-order valence-corrected chi connectivity index (χ4v) is 0.305. The highest BCUT2D eigenvalue weighted by Gasteiger charge is 1.86. The van der Waals surface area contributed by atoms with E-state index in [0.717, 1.165) is 5.01 Å². The zero-order valence-corrected chi connectivity index (χ0v) is 9.03. The van der Waals surface area contributed by atoms with Crippen LogP contribution in [0.1, 0.15) is 0 Å². The second-order valence-electron chi connectivity index (χ2n) is 2.34. The highest BCUT2D eigenvalue weighted by atomic mass is 16.3. The van der Waals surface area contributed by atoms with Crippen molar-refractivity contribution in [2.45, 2.75) is 0 Å². The molecule has 0 spiro atoms. The molecule has 92 valence electrons. The number of hydrazine groups is 1. The number of aryl methyl sites for hydroxylation is 1. The predicted molar refractivity (Wildman–Crippen MR) is 58.0 cm³/mol. The van der Waals surface area contributed by atoms with E-state index in [1.54, 1.807) is 7.05 Å². The molecule has 0 aliphatic carbocycles. The average Bonchev–Trinajstić information content (AvgIpc) is 2.53. The molecular weight excluding hydrogens is 216 g/mol. The SMILES string of the molecule is CN(N)C(=N)N.Cn1ncnc1N.O=CO. The Labute approximate surface area is 92.1 Å². The van der Waals surface area contributed by atoms with Crippen molar-refractivity contribution in [2.24, 2.45) is 18.6 Å². The topological polar surface area (TPSA) is 173 Å². The number of nitrogen functional groups attached to an aromatic ring is 1. The van der Waals surface area contributed by atoms with Gasteiger partial charge in [0.2, 0.25) is 11.9 Å². The Bertz CT molecular complexity index is 293. The van der Waals surface area contributed by atoms with Crippen LogP contribution < -0.4 is 17.3 Å². The maximum atomic E-state index is 8.36. The normalized spacial score (nSPS) is 7.69. The first-order valence-corrected chi connectivity index (χ1v) is 3.86. The summed E-state index contributed by atoms with van der Waals surface area (Å²) < 4.78 is 1.50. The lowest BCUT2D eigenvalue weighted by Crippen LogP contribution is -2.38. The lowest BCUT2D eigenvalue weighted by Gasteiger charge is -2.05. The molecule has 0 saturated heterocycles. The molecule has 1 heterocycles. The van der Waals surface area contributed by atoms with Crippen LogP contribution in [0, 0.1) is 5.41 Å². The van der Waals surface area contributed by atoms with Gasteiger partial charge in [-0.15, -0.1) is 0 Å². The van der Waals surface area contributed by atoms with Gasteiger partial charge in [0, 0.05) is 14.1 Å². The molecule has 0 fully saturated rings. The Balaban J connectivity index is 0. The van der Waals surface area contributed by atoms with Gasteiger partial charge in [0.05, 0.1) is 0 Å². The molecule has 1 aromatic rings. The lowest BCUT2D eigenvalue weighted by atomic mass is 11.0. The molecule has 0 saturated carbocycles. The lowest BCUT2D eigenvalue weighted by molar-refractivity contribution is -0.122. The fourth-order valence-electron chi connectivity index (χ4n) is 0.305. The van der Waals surface area contributed by atoms with Crippen molar-refractivity contribution in [1.82, 2.24) is 19.8 Å². The average molecular weight is 232 g/mol. The smallest absolute Gasteiger partial charge is 0.290 e. The van der Waals surface area contributed by atoms with Crippen molar-refractivity contribution in [1.29, 1.82) is 5.41 Å². The molecule has 10 nitrogen and oxygen atoms in total. The molecule has 0 atom stereocenters. The number of carbonyl (C=O) groups is 1. The van der Waals surface area contributed by atoms with Crippen molar-refractivity contribution in [3.05, 3.63) is 6.33 Å². The van der Waals surface area contributed by atoms with Crippen LogP contribution in [0.25, 0.3) is 0 Å². The Morgan fingerprint density at radius 2 is 2.12 bits per heavy atom. The van der Waals surface area contributed by atoms with Crippen molar-refractivity contribution >= 4 is 18.4 Å². The van der Waals surface area contributed by atoms with Gasteiger partial charge in [-0.1, -0.05) is 0 Å². The molecule has 0 unspecified atom stereocenters. The van der Waals surface area contributed by atoms with E-state index in [2.05, 4.69) is 10.1 Å². The van der Waals surface area contributed by atoms with Gasteiger partial charge in [0.25, 0.3) is 6.47 Å². The Morgan fingerprint density at radius 3 is 2.19 bits per heavy atom. The van der Waals surface area contributed by atoms with Gasteiger partial charge in [-0.3, -0.25) is 15.2 Å². The Hall–Kier alpha value is -2.36. The number of nitrogens with one attached hydrogen (secondary N) is 1. The van der Waals surface area contributed by atoms with Crippen LogP contribution in [0.15, 0.2) is 6.33 Å². The minimum Gasteiger partial charge on any atom is -0.483 e. The number of rotatable bonds is 0. The number of nitrogens with two attached hydrogens (primary N) is 3. The van der Waals surface area contributed by atoms with Crippen molar-refractivity contribution in [3.63, 3.8) is 0 Å². The van der Waals surface area contributed by atoms with Gasteiger partial charge in [-0.05, 0) is 0 Å². The van der Waals surface area contributed by atoms with E-state index >= 15 is 0 Å². The first-order valence-electron chi connectivity index (χ1n) is 3.86. The molecule has 0 aliphatic heterocycles. The maximum Gasteiger partial charge on any atom is 0.290 e. The number of hydrogen-bond acceptors (Lipinski definition) is 6. The third-order valence-corrected chi connectivity index (χ3v) is 1.13. The van der Waals surface area contributed by atoms with Crippen LogP contribution in [0.5, 0.6) is 0 Å². The highest BCUT2D eigenvalue weighted by Crippen LogP contribution is 1.85. The number of nitrogens with zero attached hydrogens (tertiary/aromatic N) is 4. The van der Waals surface area contributed by atoms with Crippen molar-refractivity contribution in [2.75, 3.05) is 12.8 Å². The quantitative estimate of drug-likeness (QED) is 0.110.